The van der Waals surface area contributed by atoms with Crippen molar-refractivity contribution in [3.05, 3.63) is 53.7 Å². The van der Waals surface area contributed by atoms with Gasteiger partial charge in [0.15, 0.2) is 16.8 Å². The van der Waals surface area contributed by atoms with E-state index in [0.717, 1.165) is 34.9 Å². The van der Waals surface area contributed by atoms with Crippen molar-refractivity contribution >= 4 is 33.6 Å². The van der Waals surface area contributed by atoms with Gasteiger partial charge in [-0.25, -0.2) is 4.21 Å². The third-order valence-corrected chi connectivity index (χ3v) is 5.61. The second kappa shape index (κ2) is 7.65. The van der Waals surface area contributed by atoms with Crippen LogP contribution < -0.4 is 11.1 Å². The average molecular weight is 396 g/mol. The number of aromatic nitrogens is 2. The minimum absolute atomic E-state index is 0.107. The number of rotatable bonds is 6. The average Bonchev–Trinajstić information content (AvgIpc) is 2.64. The van der Waals surface area contributed by atoms with Crippen molar-refractivity contribution in [3.63, 3.8) is 0 Å². The van der Waals surface area contributed by atoms with Gasteiger partial charge in [0.05, 0.1) is 17.0 Å². The van der Waals surface area contributed by atoms with Gasteiger partial charge in [-0.3, -0.25) is 4.79 Å². The zero-order chi connectivity index (χ0) is 19.7. The number of benzene rings is 2. The minimum atomic E-state index is -1.86. The van der Waals surface area contributed by atoms with E-state index < -0.39 is 17.0 Å². The molecule has 28 heavy (non-hydrogen) atoms. The van der Waals surface area contributed by atoms with E-state index in [1.165, 1.54) is 6.42 Å². The van der Waals surface area contributed by atoms with Gasteiger partial charge >= 0.3 is 0 Å². The molecule has 144 valence electrons. The van der Waals surface area contributed by atoms with Crippen LogP contribution in [0.3, 0.4) is 0 Å². The number of hydrogen-bond donors (Lipinski definition) is 3. The number of anilines is 1. The lowest BCUT2D eigenvalue weighted by atomic mass is 9.92. The number of carbonyl (C=O) groups excluding carboxylic acids is 1. The molecule has 1 fully saturated rings. The van der Waals surface area contributed by atoms with Crippen molar-refractivity contribution in [1.82, 2.24) is 10.2 Å². The summed E-state index contributed by atoms with van der Waals surface area (Å²) in [5.74, 6) is -0.493. The first-order valence-electron chi connectivity index (χ1n) is 9.05. The maximum absolute atomic E-state index is 11.8. The summed E-state index contributed by atoms with van der Waals surface area (Å²) >= 11 is -1.86. The number of nitrogens with two attached hydrogens (primary N) is 1. The Kier molecular flexibility index (Phi) is 5.06. The summed E-state index contributed by atoms with van der Waals surface area (Å²) in [7, 11) is 0. The summed E-state index contributed by atoms with van der Waals surface area (Å²) in [4.78, 5) is 11.8. The number of nitrogens with one attached hydrogen (secondary N) is 1. The summed E-state index contributed by atoms with van der Waals surface area (Å²) in [5.41, 5.74) is 9.67. The van der Waals surface area contributed by atoms with Gasteiger partial charge in [-0.15, -0.1) is 10.2 Å². The largest absolute Gasteiger partial charge is 0.380 e. The van der Waals surface area contributed by atoms with Crippen LogP contribution in [0.4, 0.5) is 5.69 Å². The highest BCUT2D eigenvalue weighted by molar-refractivity contribution is 7.78. The Morgan fingerprint density at radius 2 is 1.86 bits per heavy atom. The van der Waals surface area contributed by atoms with Crippen LogP contribution in [-0.4, -0.2) is 30.9 Å². The summed E-state index contributed by atoms with van der Waals surface area (Å²) in [5, 5.41) is 12.5. The van der Waals surface area contributed by atoms with Gasteiger partial charge in [-0.05, 0) is 48.1 Å². The molecule has 1 unspecified atom stereocenters. The summed E-state index contributed by atoms with van der Waals surface area (Å²) in [6.45, 7) is 0. The van der Waals surface area contributed by atoms with Crippen LogP contribution in [0.25, 0.3) is 22.0 Å². The maximum atomic E-state index is 11.8. The highest BCUT2D eigenvalue weighted by Gasteiger charge is 2.22. The Bertz CT molecular complexity index is 1060. The Morgan fingerprint density at radius 3 is 2.46 bits per heavy atom. The van der Waals surface area contributed by atoms with Crippen molar-refractivity contribution in [3.8, 4) is 11.1 Å². The molecular formula is C20H20N4O3S. The lowest BCUT2D eigenvalue weighted by Crippen LogP contribution is -2.29. The molecule has 1 aliphatic carbocycles. The van der Waals surface area contributed by atoms with Gasteiger partial charge in [0.25, 0.3) is 5.91 Å². The second-order valence-corrected chi connectivity index (χ2v) is 7.89. The predicted octanol–water partition coefficient (Wildman–Crippen LogP) is 3.08. The summed E-state index contributed by atoms with van der Waals surface area (Å²) in [6, 6.07) is 13.6. The highest BCUT2D eigenvalue weighted by atomic mass is 32.2. The third-order valence-electron chi connectivity index (χ3n) is 5.03. The number of carbonyl (C=O) groups is 1. The maximum Gasteiger partial charge on any atom is 0.271 e. The Balaban J connectivity index is 1.71. The van der Waals surface area contributed by atoms with E-state index in [1.807, 2.05) is 42.5 Å². The monoisotopic (exact) mass is 396 g/mol. The first kappa shape index (κ1) is 18.5. The fourth-order valence-electron chi connectivity index (χ4n) is 3.30. The van der Waals surface area contributed by atoms with E-state index in [4.69, 9.17) is 10.3 Å². The Morgan fingerprint density at radius 1 is 1.14 bits per heavy atom. The van der Waals surface area contributed by atoms with Gasteiger partial charge in [-0.1, -0.05) is 30.3 Å². The van der Waals surface area contributed by atoms with Crippen LogP contribution >= 0.6 is 0 Å². The lowest BCUT2D eigenvalue weighted by Gasteiger charge is -2.28. The predicted molar refractivity (Wildman–Crippen MR) is 109 cm³/mol. The minimum Gasteiger partial charge on any atom is -0.380 e. The molecule has 0 bridgehead atoms. The van der Waals surface area contributed by atoms with Crippen molar-refractivity contribution in [2.75, 3.05) is 5.32 Å². The molecule has 0 aliphatic heterocycles. The fourth-order valence-corrected chi connectivity index (χ4v) is 3.78. The van der Waals surface area contributed by atoms with Crippen molar-refractivity contribution in [2.24, 2.45) is 5.73 Å². The van der Waals surface area contributed by atoms with E-state index in [9.17, 15) is 9.00 Å². The number of amides is 1. The van der Waals surface area contributed by atoms with Crippen molar-refractivity contribution < 1.29 is 13.6 Å². The quantitative estimate of drug-likeness (QED) is 0.551. The number of primary amides is 1. The molecule has 4 rings (SSSR count). The molecule has 1 aliphatic rings. The number of nitrogens with zero attached hydrogens (tertiary/aromatic N) is 2. The molecule has 1 saturated carbocycles. The van der Waals surface area contributed by atoms with Gasteiger partial charge in [0.2, 0.25) is 0 Å². The van der Waals surface area contributed by atoms with Crippen LogP contribution in [0.2, 0.25) is 0 Å². The smallest absolute Gasteiger partial charge is 0.271 e. The van der Waals surface area contributed by atoms with Gasteiger partial charge < -0.3 is 15.6 Å². The van der Waals surface area contributed by atoms with Crippen LogP contribution in [0.15, 0.2) is 42.5 Å². The van der Waals surface area contributed by atoms with E-state index in [1.54, 1.807) is 0 Å². The zero-order valence-electron chi connectivity index (χ0n) is 15.1. The molecule has 8 heteroatoms. The molecule has 1 aromatic heterocycles. The van der Waals surface area contributed by atoms with Crippen LogP contribution in [0.1, 0.15) is 35.3 Å². The summed E-state index contributed by atoms with van der Waals surface area (Å²) < 4.78 is 19.9. The van der Waals surface area contributed by atoms with E-state index in [0.29, 0.717) is 17.2 Å². The van der Waals surface area contributed by atoms with Gasteiger partial charge in [0.1, 0.15) is 0 Å². The highest BCUT2D eigenvalue weighted by Crippen LogP contribution is 2.32. The molecule has 7 nitrogen and oxygen atoms in total. The van der Waals surface area contributed by atoms with Crippen LogP contribution in [-0.2, 0) is 16.8 Å². The van der Waals surface area contributed by atoms with Gasteiger partial charge in [-0.2, -0.15) is 0 Å². The molecule has 1 amide bonds. The SMILES string of the molecule is NC(=O)c1nnc2cc(-c3ccc(CS(=O)O)cc3)ccc2c1NC1CCC1. The Hall–Kier alpha value is -2.84. The number of fused-ring (bicyclic) bond motifs is 1. The molecule has 1 atom stereocenters. The zero-order valence-corrected chi connectivity index (χ0v) is 15.9. The number of hydrogen-bond acceptors (Lipinski definition) is 5. The molecule has 1 heterocycles. The lowest BCUT2D eigenvalue weighted by molar-refractivity contribution is 0.0995. The van der Waals surface area contributed by atoms with E-state index in [2.05, 4.69) is 15.5 Å². The first-order valence-corrected chi connectivity index (χ1v) is 10.3. The standard InChI is InChI=1S/C20H20N4O3S/c21-20(25)19-18(22-15-2-1-3-15)16-9-8-14(10-17(16)23-24-19)13-6-4-12(5-7-13)11-28(26)27/h4-10,15H,1-3,11H2,(H2,21,25)(H,22,23)(H,26,27). The molecule has 0 saturated heterocycles. The topological polar surface area (TPSA) is 118 Å². The molecule has 0 radical (unpaired) electrons. The molecule has 2 aromatic carbocycles. The van der Waals surface area contributed by atoms with E-state index in [-0.39, 0.29) is 11.4 Å². The van der Waals surface area contributed by atoms with E-state index >= 15 is 0 Å². The van der Waals surface area contributed by atoms with Crippen LogP contribution in [0.5, 0.6) is 0 Å². The van der Waals surface area contributed by atoms with Crippen molar-refractivity contribution in [2.45, 2.75) is 31.1 Å². The normalized spacial score (nSPS) is 15.2. The molecular weight excluding hydrogens is 376 g/mol. The Labute approximate surface area is 164 Å². The fraction of sp³-hybridized carbons (Fsp3) is 0.250. The third kappa shape index (κ3) is 3.74. The molecule has 0 spiro atoms. The molecule has 4 N–H and O–H groups in total. The second-order valence-electron chi connectivity index (χ2n) is 6.95. The summed E-state index contributed by atoms with van der Waals surface area (Å²) in [6.07, 6.45) is 3.29. The molecule has 3 aromatic rings. The first-order chi connectivity index (χ1) is 13.5. The van der Waals surface area contributed by atoms with Crippen molar-refractivity contribution in [1.29, 1.82) is 0 Å². The van der Waals surface area contributed by atoms with Crippen LogP contribution in [0, 0.1) is 0 Å². The van der Waals surface area contributed by atoms with Gasteiger partial charge in [0, 0.05) is 11.4 Å².